The molecule has 0 unspecified atom stereocenters. The number of aromatic nitrogens is 2. The average molecular weight is 461 g/mol. The minimum atomic E-state index is -4.46. The standard InChI is InChI=1S/C24H26F3N3O3/c1-14-10-17(8-6-15-11-18(12-15)33-22(31)28-23(2,3)4)29-30-21(14)19-9-7-16(24(25,26)27)13-20(19)32-5/h7,9-10,13,15,18H,11-12H2,1-5H3,(H,28,31). The van der Waals surface area contributed by atoms with Gasteiger partial charge in [-0.3, -0.25) is 0 Å². The Hall–Kier alpha value is -3.28. The van der Waals surface area contributed by atoms with Crippen LogP contribution in [-0.4, -0.2) is 35.0 Å². The fourth-order valence-electron chi connectivity index (χ4n) is 3.32. The van der Waals surface area contributed by atoms with Gasteiger partial charge in [0.2, 0.25) is 0 Å². The number of nitrogens with zero attached hydrogens (tertiary/aromatic N) is 2. The van der Waals surface area contributed by atoms with Crippen LogP contribution in [0.25, 0.3) is 11.3 Å². The highest BCUT2D eigenvalue weighted by molar-refractivity contribution is 5.70. The molecule has 176 valence electrons. The summed E-state index contributed by atoms with van der Waals surface area (Å²) < 4.78 is 49.4. The number of methoxy groups -OCH3 is 1. The minimum absolute atomic E-state index is 0.0667. The molecule has 1 aliphatic carbocycles. The molecule has 2 aromatic rings. The summed E-state index contributed by atoms with van der Waals surface area (Å²) in [4.78, 5) is 11.8. The van der Waals surface area contributed by atoms with Crippen LogP contribution in [0.4, 0.5) is 18.0 Å². The third-order valence-electron chi connectivity index (χ3n) is 5.02. The number of halogens is 3. The number of alkyl halides is 3. The van der Waals surface area contributed by atoms with E-state index in [4.69, 9.17) is 9.47 Å². The summed E-state index contributed by atoms with van der Waals surface area (Å²) >= 11 is 0. The SMILES string of the molecule is COc1cc(C(F)(F)F)ccc1-c1nnc(C#CC2CC(OC(=O)NC(C)(C)C)C2)cc1C. The highest BCUT2D eigenvalue weighted by atomic mass is 19.4. The number of hydrogen-bond acceptors (Lipinski definition) is 5. The fraction of sp³-hybridized carbons (Fsp3) is 0.458. The molecular weight excluding hydrogens is 435 g/mol. The predicted octanol–water partition coefficient (Wildman–Crippen LogP) is 5.13. The minimum Gasteiger partial charge on any atom is -0.496 e. The number of carbonyl (C=O) groups is 1. The fourth-order valence-corrected chi connectivity index (χ4v) is 3.32. The average Bonchev–Trinajstić information content (AvgIpc) is 2.67. The molecule has 0 atom stereocenters. The topological polar surface area (TPSA) is 73.3 Å². The van der Waals surface area contributed by atoms with E-state index in [0.717, 1.165) is 12.1 Å². The normalized spacial score (nSPS) is 17.9. The van der Waals surface area contributed by atoms with Gasteiger partial charge in [0.1, 0.15) is 17.5 Å². The first-order chi connectivity index (χ1) is 15.4. The van der Waals surface area contributed by atoms with E-state index >= 15 is 0 Å². The first kappa shape index (κ1) is 24.4. The predicted molar refractivity (Wildman–Crippen MR) is 117 cm³/mol. The van der Waals surface area contributed by atoms with E-state index in [1.54, 1.807) is 13.0 Å². The molecule has 1 aromatic carbocycles. The summed E-state index contributed by atoms with van der Waals surface area (Å²) in [5.41, 5.74) is 0.858. The van der Waals surface area contributed by atoms with Gasteiger partial charge in [0, 0.05) is 17.0 Å². The zero-order valence-electron chi connectivity index (χ0n) is 19.1. The van der Waals surface area contributed by atoms with Gasteiger partial charge in [-0.25, -0.2) is 4.79 Å². The lowest BCUT2D eigenvalue weighted by Crippen LogP contribution is -2.44. The lowest BCUT2D eigenvalue weighted by Gasteiger charge is -2.32. The van der Waals surface area contributed by atoms with Crippen LogP contribution in [-0.2, 0) is 10.9 Å². The van der Waals surface area contributed by atoms with E-state index in [2.05, 4.69) is 27.4 Å². The maximum absolute atomic E-state index is 13.0. The largest absolute Gasteiger partial charge is 0.496 e. The molecule has 6 nitrogen and oxygen atoms in total. The quantitative estimate of drug-likeness (QED) is 0.642. The van der Waals surface area contributed by atoms with Gasteiger partial charge in [-0.05, 0) is 76.3 Å². The van der Waals surface area contributed by atoms with Crippen molar-refractivity contribution >= 4 is 6.09 Å². The van der Waals surface area contributed by atoms with Gasteiger partial charge in [-0.2, -0.15) is 13.2 Å². The van der Waals surface area contributed by atoms with Crippen LogP contribution in [0.1, 0.15) is 50.4 Å². The van der Waals surface area contributed by atoms with Gasteiger partial charge in [-0.15, -0.1) is 10.2 Å². The Balaban J connectivity index is 1.65. The molecule has 1 fully saturated rings. The second kappa shape index (κ2) is 9.30. The molecule has 3 rings (SSSR count). The molecule has 1 saturated carbocycles. The molecule has 1 heterocycles. The van der Waals surface area contributed by atoms with Crippen LogP contribution in [0.2, 0.25) is 0 Å². The number of alkyl carbamates (subject to hydrolysis) is 1. The van der Waals surface area contributed by atoms with Crippen LogP contribution >= 0.6 is 0 Å². The Kier molecular flexibility index (Phi) is 6.86. The molecule has 0 spiro atoms. The Morgan fingerprint density at radius 2 is 1.85 bits per heavy atom. The van der Waals surface area contributed by atoms with Crippen molar-refractivity contribution in [3.63, 3.8) is 0 Å². The van der Waals surface area contributed by atoms with Gasteiger partial charge >= 0.3 is 12.3 Å². The van der Waals surface area contributed by atoms with Crippen LogP contribution in [0.15, 0.2) is 24.3 Å². The molecule has 0 saturated heterocycles. The number of rotatable bonds is 3. The molecule has 0 radical (unpaired) electrons. The van der Waals surface area contributed by atoms with Gasteiger partial charge < -0.3 is 14.8 Å². The van der Waals surface area contributed by atoms with Crippen molar-refractivity contribution in [3.8, 4) is 28.8 Å². The summed E-state index contributed by atoms with van der Waals surface area (Å²) in [5.74, 6) is 6.24. The smallest absolute Gasteiger partial charge is 0.416 e. The summed E-state index contributed by atoms with van der Waals surface area (Å²) in [6, 6.07) is 4.99. The monoisotopic (exact) mass is 461 g/mol. The molecule has 33 heavy (non-hydrogen) atoms. The second-order valence-corrected chi connectivity index (χ2v) is 9.01. The molecule has 0 aliphatic heterocycles. The van der Waals surface area contributed by atoms with Gasteiger partial charge in [-0.1, -0.05) is 5.92 Å². The van der Waals surface area contributed by atoms with E-state index in [1.165, 1.54) is 13.2 Å². The zero-order valence-corrected chi connectivity index (χ0v) is 19.1. The first-order valence-corrected chi connectivity index (χ1v) is 10.5. The first-order valence-electron chi connectivity index (χ1n) is 10.5. The third-order valence-corrected chi connectivity index (χ3v) is 5.02. The number of benzene rings is 1. The molecule has 9 heteroatoms. The summed E-state index contributed by atoms with van der Waals surface area (Å²) in [6.45, 7) is 7.43. The van der Waals surface area contributed by atoms with Crippen molar-refractivity contribution in [3.05, 3.63) is 41.1 Å². The molecule has 1 aliphatic rings. The maximum Gasteiger partial charge on any atom is 0.416 e. The van der Waals surface area contributed by atoms with Crippen LogP contribution in [0.3, 0.4) is 0 Å². The van der Waals surface area contributed by atoms with Gasteiger partial charge in [0.05, 0.1) is 18.4 Å². The van der Waals surface area contributed by atoms with Crippen LogP contribution in [0, 0.1) is 24.7 Å². The number of aryl methyl sites for hydroxylation is 1. The lowest BCUT2D eigenvalue weighted by atomic mass is 9.83. The van der Waals surface area contributed by atoms with E-state index in [1.807, 2.05) is 20.8 Å². The highest BCUT2D eigenvalue weighted by Crippen LogP contribution is 2.37. The summed E-state index contributed by atoms with van der Waals surface area (Å²) in [6.07, 6.45) is -3.76. The second-order valence-electron chi connectivity index (χ2n) is 9.01. The Morgan fingerprint density at radius 1 is 1.15 bits per heavy atom. The van der Waals surface area contributed by atoms with E-state index in [9.17, 15) is 18.0 Å². The number of nitrogens with one attached hydrogen (secondary N) is 1. The third kappa shape index (κ3) is 6.37. The number of ether oxygens (including phenoxy) is 2. The summed E-state index contributed by atoms with van der Waals surface area (Å²) in [5, 5.41) is 11.0. The Labute approximate surface area is 190 Å². The number of carbonyl (C=O) groups excluding carboxylic acids is 1. The van der Waals surface area contributed by atoms with Crippen molar-refractivity contribution in [2.45, 2.75) is 58.4 Å². The number of hydrogen-bond donors (Lipinski definition) is 1. The van der Waals surface area contributed by atoms with E-state index in [0.29, 0.717) is 35.4 Å². The zero-order chi connectivity index (χ0) is 24.4. The Morgan fingerprint density at radius 3 is 2.42 bits per heavy atom. The summed E-state index contributed by atoms with van der Waals surface area (Å²) in [7, 11) is 1.31. The van der Waals surface area contributed by atoms with E-state index in [-0.39, 0.29) is 23.3 Å². The molecule has 0 bridgehead atoms. The number of amides is 1. The molecule has 1 N–H and O–H groups in total. The van der Waals surface area contributed by atoms with Crippen molar-refractivity contribution in [2.24, 2.45) is 5.92 Å². The van der Waals surface area contributed by atoms with Crippen LogP contribution < -0.4 is 10.1 Å². The van der Waals surface area contributed by atoms with Crippen molar-refractivity contribution < 1.29 is 27.4 Å². The molecule has 1 aromatic heterocycles. The molecular formula is C24H26F3N3O3. The van der Waals surface area contributed by atoms with Crippen molar-refractivity contribution in [2.75, 3.05) is 7.11 Å². The molecule has 1 amide bonds. The van der Waals surface area contributed by atoms with Crippen molar-refractivity contribution in [1.29, 1.82) is 0 Å². The van der Waals surface area contributed by atoms with Gasteiger partial charge in [0.25, 0.3) is 0 Å². The van der Waals surface area contributed by atoms with Crippen LogP contribution in [0.5, 0.6) is 5.75 Å². The highest BCUT2D eigenvalue weighted by Gasteiger charge is 2.32. The van der Waals surface area contributed by atoms with Crippen molar-refractivity contribution in [1.82, 2.24) is 15.5 Å². The maximum atomic E-state index is 13.0. The van der Waals surface area contributed by atoms with E-state index < -0.39 is 17.8 Å². The Bertz CT molecular complexity index is 1090. The van der Waals surface area contributed by atoms with Gasteiger partial charge in [0.15, 0.2) is 0 Å². The lowest BCUT2D eigenvalue weighted by molar-refractivity contribution is -0.137.